The minimum atomic E-state index is -0.788. The van der Waals surface area contributed by atoms with Gasteiger partial charge in [0.05, 0.1) is 18.4 Å². The van der Waals surface area contributed by atoms with Crippen molar-refractivity contribution in [2.45, 2.75) is 12.8 Å². The number of imide groups is 1. The minimum absolute atomic E-state index is 0.255. The molecule has 0 spiro atoms. The summed E-state index contributed by atoms with van der Waals surface area (Å²) in [7, 11) is 0. The second-order valence-electron chi connectivity index (χ2n) is 6.59. The first kappa shape index (κ1) is 19.6. The number of nitrogens with one attached hydrogen (secondary N) is 1. The number of nitrogens with zero attached hydrogens (tertiary/aromatic N) is 1. The molecule has 1 saturated heterocycles. The fraction of sp³-hybridized carbons (Fsp3) is 0.400. The van der Waals surface area contributed by atoms with E-state index >= 15 is 0 Å². The van der Waals surface area contributed by atoms with Crippen molar-refractivity contribution in [3.63, 3.8) is 0 Å². The summed E-state index contributed by atoms with van der Waals surface area (Å²) in [6.07, 6.45) is 4.77. The predicted molar refractivity (Wildman–Crippen MR) is 98.0 cm³/mol. The molecule has 0 bridgehead atoms. The molecule has 148 valence electrons. The second-order valence-corrected chi connectivity index (χ2v) is 6.59. The molecule has 3 rings (SSSR count). The smallest absolute Gasteiger partial charge is 0.326 e. The monoisotopic (exact) mass is 386 g/mol. The summed E-state index contributed by atoms with van der Waals surface area (Å²) in [6, 6.07) is 9.16. The molecule has 3 amide bonds. The maximum Gasteiger partial charge on any atom is 0.326 e. The Morgan fingerprint density at radius 3 is 2.32 bits per heavy atom. The number of likely N-dealkylation sites (tertiary alicyclic amines) is 1. The maximum absolute atomic E-state index is 12.3. The Labute approximate surface area is 162 Å². The van der Waals surface area contributed by atoms with Crippen molar-refractivity contribution >= 4 is 23.7 Å². The molecular weight excluding hydrogens is 364 g/mol. The van der Waals surface area contributed by atoms with Gasteiger partial charge in [0, 0.05) is 0 Å². The molecule has 1 aromatic carbocycles. The van der Waals surface area contributed by atoms with Crippen molar-refractivity contribution in [2.75, 3.05) is 26.3 Å². The average Bonchev–Trinajstić information content (AvgIpc) is 2.95. The Bertz CT molecular complexity index is 750. The highest BCUT2D eigenvalue weighted by molar-refractivity contribution is 6.07. The van der Waals surface area contributed by atoms with Crippen LogP contribution in [0.3, 0.4) is 0 Å². The van der Waals surface area contributed by atoms with Gasteiger partial charge in [-0.3, -0.25) is 24.1 Å². The van der Waals surface area contributed by atoms with Crippen molar-refractivity contribution in [2.24, 2.45) is 11.8 Å². The number of amides is 3. The van der Waals surface area contributed by atoms with Crippen LogP contribution >= 0.6 is 0 Å². The van der Waals surface area contributed by atoms with Gasteiger partial charge < -0.3 is 14.8 Å². The Kier molecular flexibility index (Phi) is 6.41. The molecule has 1 N–H and O–H groups in total. The number of esters is 1. The predicted octanol–water partition coefficient (Wildman–Crippen LogP) is 0.676. The van der Waals surface area contributed by atoms with Crippen LogP contribution in [-0.4, -0.2) is 54.9 Å². The van der Waals surface area contributed by atoms with E-state index in [0.29, 0.717) is 18.6 Å². The van der Waals surface area contributed by atoms with Crippen LogP contribution in [-0.2, 0) is 23.9 Å². The normalized spacial score (nSPS) is 20.6. The van der Waals surface area contributed by atoms with Crippen LogP contribution in [0.1, 0.15) is 12.8 Å². The number of hydrogen-bond donors (Lipinski definition) is 1. The topological polar surface area (TPSA) is 102 Å². The van der Waals surface area contributed by atoms with Crippen LogP contribution in [0.25, 0.3) is 0 Å². The van der Waals surface area contributed by atoms with E-state index in [9.17, 15) is 19.2 Å². The lowest BCUT2D eigenvalue weighted by Crippen LogP contribution is -2.38. The molecule has 1 aliphatic carbocycles. The van der Waals surface area contributed by atoms with Gasteiger partial charge in [-0.15, -0.1) is 0 Å². The molecule has 8 heteroatoms. The molecule has 0 aromatic heterocycles. The van der Waals surface area contributed by atoms with Gasteiger partial charge in [0.15, 0.2) is 6.61 Å². The number of ether oxygens (including phenoxy) is 2. The van der Waals surface area contributed by atoms with Crippen molar-refractivity contribution in [3.05, 3.63) is 42.5 Å². The maximum atomic E-state index is 12.3. The fourth-order valence-electron chi connectivity index (χ4n) is 3.27. The molecule has 1 fully saturated rings. The number of carbonyl (C=O) groups is 4. The Morgan fingerprint density at radius 2 is 1.68 bits per heavy atom. The SMILES string of the molecule is O=C(COC(=O)CN1C(=O)C2CC=CCC2C1=O)NCCOc1ccccc1. The zero-order valence-electron chi connectivity index (χ0n) is 15.3. The fourth-order valence-corrected chi connectivity index (χ4v) is 3.27. The zero-order chi connectivity index (χ0) is 19.9. The van der Waals surface area contributed by atoms with Crippen LogP contribution in [0, 0.1) is 11.8 Å². The molecule has 1 aromatic rings. The standard InChI is InChI=1S/C20H22N2O6/c23-17(21-10-11-27-14-6-2-1-3-7-14)13-28-18(24)12-22-19(25)15-8-4-5-9-16(15)20(22)26/h1-7,15-16H,8-13H2,(H,21,23). The van der Waals surface area contributed by atoms with Crippen molar-refractivity contribution in [3.8, 4) is 5.75 Å². The van der Waals surface area contributed by atoms with Crippen LogP contribution in [0.2, 0.25) is 0 Å². The number of para-hydroxylation sites is 1. The van der Waals surface area contributed by atoms with E-state index in [-0.39, 0.29) is 25.0 Å². The van der Waals surface area contributed by atoms with E-state index in [1.54, 1.807) is 12.1 Å². The molecule has 1 heterocycles. The third-order valence-electron chi connectivity index (χ3n) is 4.69. The summed E-state index contributed by atoms with van der Waals surface area (Å²) in [5.74, 6) is -2.06. The molecule has 0 saturated carbocycles. The number of hydrogen-bond acceptors (Lipinski definition) is 6. The van der Waals surface area contributed by atoms with E-state index in [0.717, 1.165) is 4.90 Å². The summed E-state index contributed by atoms with van der Waals surface area (Å²) in [4.78, 5) is 49.2. The van der Waals surface area contributed by atoms with Crippen LogP contribution < -0.4 is 10.1 Å². The van der Waals surface area contributed by atoms with E-state index in [4.69, 9.17) is 9.47 Å². The number of fused-ring (bicyclic) bond motifs is 1. The molecule has 8 nitrogen and oxygen atoms in total. The molecule has 1 aliphatic heterocycles. The summed E-state index contributed by atoms with van der Waals surface area (Å²) in [5.41, 5.74) is 0. The summed E-state index contributed by atoms with van der Waals surface area (Å²) in [5, 5.41) is 2.56. The third-order valence-corrected chi connectivity index (χ3v) is 4.69. The lowest BCUT2D eigenvalue weighted by Gasteiger charge is -2.14. The molecular formula is C20H22N2O6. The van der Waals surface area contributed by atoms with Crippen molar-refractivity contribution in [1.29, 1.82) is 0 Å². The van der Waals surface area contributed by atoms with Crippen LogP contribution in [0.5, 0.6) is 5.75 Å². The lowest BCUT2D eigenvalue weighted by molar-refractivity contribution is -0.154. The summed E-state index contributed by atoms with van der Waals surface area (Å²) in [6.45, 7) is -0.411. The van der Waals surface area contributed by atoms with E-state index < -0.39 is 36.9 Å². The van der Waals surface area contributed by atoms with Gasteiger partial charge in [0.25, 0.3) is 5.91 Å². The number of allylic oxidation sites excluding steroid dienone is 2. The molecule has 0 radical (unpaired) electrons. The number of carbonyl (C=O) groups excluding carboxylic acids is 4. The Balaban J connectivity index is 1.34. The van der Waals surface area contributed by atoms with Gasteiger partial charge in [-0.05, 0) is 25.0 Å². The Morgan fingerprint density at radius 1 is 1.04 bits per heavy atom. The highest BCUT2D eigenvalue weighted by Crippen LogP contribution is 2.34. The van der Waals surface area contributed by atoms with E-state index in [1.165, 1.54) is 0 Å². The average molecular weight is 386 g/mol. The number of rotatable bonds is 8. The van der Waals surface area contributed by atoms with Gasteiger partial charge >= 0.3 is 5.97 Å². The molecule has 2 aliphatic rings. The third kappa shape index (κ3) is 4.76. The minimum Gasteiger partial charge on any atom is -0.492 e. The van der Waals surface area contributed by atoms with Gasteiger partial charge in [-0.1, -0.05) is 30.4 Å². The largest absolute Gasteiger partial charge is 0.492 e. The van der Waals surface area contributed by atoms with Crippen molar-refractivity contribution < 1.29 is 28.7 Å². The van der Waals surface area contributed by atoms with Crippen molar-refractivity contribution in [1.82, 2.24) is 10.2 Å². The highest BCUT2D eigenvalue weighted by atomic mass is 16.5. The lowest BCUT2D eigenvalue weighted by atomic mass is 9.85. The van der Waals surface area contributed by atoms with E-state index in [1.807, 2.05) is 30.4 Å². The summed E-state index contributed by atoms with van der Waals surface area (Å²) >= 11 is 0. The van der Waals surface area contributed by atoms with Crippen LogP contribution in [0.15, 0.2) is 42.5 Å². The first-order chi connectivity index (χ1) is 13.6. The van der Waals surface area contributed by atoms with Gasteiger partial charge in [0.1, 0.15) is 18.9 Å². The quantitative estimate of drug-likeness (QED) is 0.305. The van der Waals surface area contributed by atoms with Crippen LogP contribution in [0.4, 0.5) is 0 Å². The zero-order valence-corrected chi connectivity index (χ0v) is 15.3. The summed E-state index contributed by atoms with van der Waals surface area (Å²) < 4.78 is 10.3. The highest BCUT2D eigenvalue weighted by Gasteiger charge is 2.47. The van der Waals surface area contributed by atoms with Gasteiger partial charge in [-0.2, -0.15) is 0 Å². The first-order valence-corrected chi connectivity index (χ1v) is 9.16. The Hall–Kier alpha value is -3.16. The molecule has 2 unspecified atom stereocenters. The first-order valence-electron chi connectivity index (χ1n) is 9.16. The molecule has 2 atom stereocenters. The van der Waals surface area contributed by atoms with Gasteiger partial charge in [0.2, 0.25) is 11.8 Å². The van der Waals surface area contributed by atoms with Gasteiger partial charge in [-0.25, -0.2) is 0 Å². The van der Waals surface area contributed by atoms with E-state index in [2.05, 4.69) is 5.32 Å². The molecule has 28 heavy (non-hydrogen) atoms. The second kappa shape index (κ2) is 9.16. The number of benzene rings is 1.